The molecule has 1 aromatic carbocycles. The number of alkyl halides is 1. The van der Waals surface area contributed by atoms with Gasteiger partial charge in [0.1, 0.15) is 0 Å². The van der Waals surface area contributed by atoms with E-state index in [1.54, 1.807) is 0 Å². The Morgan fingerprint density at radius 3 is 2.65 bits per heavy atom. The van der Waals surface area contributed by atoms with Crippen molar-refractivity contribution in [3.8, 4) is 0 Å². The molecule has 0 bridgehead atoms. The van der Waals surface area contributed by atoms with Crippen molar-refractivity contribution in [2.75, 3.05) is 5.33 Å². The minimum absolute atomic E-state index is 0.0172. The first-order valence-electron chi connectivity index (χ1n) is 5.65. The Hall–Kier alpha value is -0.350. The summed E-state index contributed by atoms with van der Waals surface area (Å²) in [5.74, 6) is 0.553. The second-order valence-electron chi connectivity index (χ2n) is 4.46. The second-order valence-corrected chi connectivity index (χ2v) is 6.03. The van der Waals surface area contributed by atoms with Crippen LogP contribution in [0.5, 0.6) is 0 Å². The highest BCUT2D eigenvalue weighted by molar-refractivity contribution is 9.10. The average molecular weight is 363 g/mol. The normalized spacial score (nSPS) is 12.5. The molecule has 4 heteroatoms. The van der Waals surface area contributed by atoms with E-state index >= 15 is 0 Å². The predicted octanol–water partition coefficient (Wildman–Crippen LogP) is 3.99. The van der Waals surface area contributed by atoms with Crippen LogP contribution >= 0.6 is 31.9 Å². The maximum Gasteiger partial charge on any atom is 0.251 e. The van der Waals surface area contributed by atoms with E-state index in [-0.39, 0.29) is 11.9 Å². The van der Waals surface area contributed by atoms with Gasteiger partial charge in [-0.15, -0.1) is 0 Å². The predicted molar refractivity (Wildman–Crippen MR) is 78.6 cm³/mol. The highest BCUT2D eigenvalue weighted by Crippen LogP contribution is 2.13. The van der Waals surface area contributed by atoms with Gasteiger partial charge in [0.2, 0.25) is 0 Å². The van der Waals surface area contributed by atoms with Crippen molar-refractivity contribution in [3.05, 3.63) is 34.3 Å². The molecule has 17 heavy (non-hydrogen) atoms. The summed E-state index contributed by atoms with van der Waals surface area (Å²) in [6.07, 6.45) is 0.977. The maximum atomic E-state index is 12.0. The number of hydrogen-bond donors (Lipinski definition) is 1. The summed E-state index contributed by atoms with van der Waals surface area (Å²) in [4.78, 5) is 12.0. The largest absolute Gasteiger partial charge is 0.348 e. The highest BCUT2D eigenvalue weighted by Gasteiger charge is 2.14. The van der Waals surface area contributed by atoms with Crippen molar-refractivity contribution in [1.82, 2.24) is 5.32 Å². The summed E-state index contributed by atoms with van der Waals surface area (Å²) in [6.45, 7) is 4.31. The van der Waals surface area contributed by atoms with Gasteiger partial charge in [0.05, 0.1) is 0 Å². The molecule has 1 N–H and O–H groups in total. The van der Waals surface area contributed by atoms with Gasteiger partial charge in [0.25, 0.3) is 5.91 Å². The quantitative estimate of drug-likeness (QED) is 0.788. The average Bonchev–Trinajstić information content (AvgIpc) is 2.27. The fourth-order valence-electron chi connectivity index (χ4n) is 1.63. The zero-order chi connectivity index (χ0) is 12.8. The lowest BCUT2D eigenvalue weighted by atomic mass is 10.0. The summed E-state index contributed by atoms with van der Waals surface area (Å²) >= 11 is 6.80. The third-order valence-electron chi connectivity index (χ3n) is 2.36. The monoisotopic (exact) mass is 361 g/mol. The Morgan fingerprint density at radius 1 is 1.41 bits per heavy atom. The molecule has 0 radical (unpaired) electrons. The topological polar surface area (TPSA) is 29.1 Å². The van der Waals surface area contributed by atoms with Crippen LogP contribution in [0.3, 0.4) is 0 Å². The van der Waals surface area contributed by atoms with Gasteiger partial charge in [0, 0.05) is 21.4 Å². The molecule has 94 valence electrons. The molecular weight excluding hydrogens is 346 g/mol. The lowest BCUT2D eigenvalue weighted by Gasteiger charge is -2.18. The van der Waals surface area contributed by atoms with Crippen LogP contribution in [-0.4, -0.2) is 17.3 Å². The Bertz CT molecular complexity index is 379. The lowest BCUT2D eigenvalue weighted by Crippen LogP contribution is -2.37. The number of hydrogen-bond acceptors (Lipinski definition) is 1. The first-order chi connectivity index (χ1) is 8.02. The zero-order valence-electron chi connectivity index (χ0n) is 10.0. The second kappa shape index (κ2) is 7.17. The Morgan fingerprint density at radius 2 is 2.12 bits per heavy atom. The van der Waals surface area contributed by atoms with Gasteiger partial charge in [-0.05, 0) is 30.5 Å². The smallest absolute Gasteiger partial charge is 0.251 e. The third kappa shape index (κ3) is 5.21. The minimum Gasteiger partial charge on any atom is -0.348 e. The molecule has 1 aromatic rings. The highest BCUT2D eigenvalue weighted by atomic mass is 79.9. The molecule has 1 amide bonds. The van der Waals surface area contributed by atoms with Gasteiger partial charge >= 0.3 is 0 Å². The van der Waals surface area contributed by atoms with Gasteiger partial charge in [-0.2, -0.15) is 0 Å². The van der Waals surface area contributed by atoms with Crippen LogP contribution in [0, 0.1) is 5.92 Å². The molecule has 0 saturated heterocycles. The van der Waals surface area contributed by atoms with Gasteiger partial charge in [-0.25, -0.2) is 0 Å². The molecule has 0 saturated carbocycles. The Labute approximate surface area is 119 Å². The molecule has 0 aliphatic carbocycles. The van der Waals surface area contributed by atoms with Crippen molar-refractivity contribution < 1.29 is 4.79 Å². The fraction of sp³-hybridized carbons (Fsp3) is 0.462. The maximum absolute atomic E-state index is 12.0. The third-order valence-corrected chi connectivity index (χ3v) is 3.64. The number of halogens is 2. The van der Waals surface area contributed by atoms with Crippen LogP contribution in [-0.2, 0) is 0 Å². The Kier molecular flexibility index (Phi) is 6.20. The standard InChI is InChI=1S/C13H17Br2NO/c1-9(2)6-12(8-14)16-13(17)10-4-3-5-11(15)7-10/h3-5,7,9,12H,6,8H2,1-2H3,(H,16,17). The molecular formula is C13H17Br2NO. The van der Waals surface area contributed by atoms with E-state index in [9.17, 15) is 4.79 Å². The lowest BCUT2D eigenvalue weighted by molar-refractivity contribution is 0.0937. The summed E-state index contributed by atoms with van der Waals surface area (Å²) in [5.41, 5.74) is 0.689. The fourth-order valence-corrected chi connectivity index (χ4v) is 2.45. The van der Waals surface area contributed by atoms with Crippen LogP contribution in [0.2, 0.25) is 0 Å². The van der Waals surface area contributed by atoms with Crippen LogP contribution < -0.4 is 5.32 Å². The van der Waals surface area contributed by atoms with Gasteiger partial charge in [-0.1, -0.05) is 51.8 Å². The van der Waals surface area contributed by atoms with Gasteiger partial charge in [-0.3, -0.25) is 4.79 Å². The van der Waals surface area contributed by atoms with Crippen molar-refractivity contribution in [2.45, 2.75) is 26.3 Å². The first-order valence-corrected chi connectivity index (χ1v) is 7.56. The molecule has 0 aliphatic rings. The van der Waals surface area contributed by atoms with Crippen molar-refractivity contribution >= 4 is 37.8 Å². The van der Waals surface area contributed by atoms with Crippen LogP contribution in [0.4, 0.5) is 0 Å². The van der Waals surface area contributed by atoms with Crippen LogP contribution in [0.1, 0.15) is 30.6 Å². The van der Waals surface area contributed by atoms with Gasteiger partial charge in [0.15, 0.2) is 0 Å². The summed E-state index contributed by atoms with van der Waals surface area (Å²) in [5, 5.41) is 3.82. The molecule has 1 unspecified atom stereocenters. The van der Waals surface area contributed by atoms with E-state index in [2.05, 4.69) is 51.0 Å². The first kappa shape index (κ1) is 14.7. The molecule has 1 atom stereocenters. The number of amides is 1. The van der Waals surface area contributed by atoms with Crippen LogP contribution in [0.15, 0.2) is 28.7 Å². The van der Waals surface area contributed by atoms with E-state index in [0.29, 0.717) is 11.5 Å². The zero-order valence-corrected chi connectivity index (χ0v) is 13.2. The van der Waals surface area contributed by atoms with Crippen molar-refractivity contribution in [3.63, 3.8) is 0 Å². The van der Waals surface area contributed by atoms with E-state index in [1.807, 2.05) is 24.3 Å². The van der Waals surface area contributed by atoms with Gasteiger partial charge < -0.3 is 5.32 Å². The summed E-state index contributed by atoms with van der Waals surface area (Å²) in [7, 11) is 0. The Balaban J connectivity index is 2.64. The summed E-state index contributed by atoms with van der Waals surface area (Å²) in [6, 6.07) is 7.61. The molecule has 1 rings (SSSR count). The molecule has 0 fully saturated rings. The number of rotatable bonds is 5. The molecule has 0 aliphatic heterocycles. The van der Waals surface area contributed by atoms with E-state index in [1.165, 1.54) is 0 Å². The summed E-state index contributed by atoms with van der Waals surface area (Å²) < 4.78 is 0.921. The molecule has 0 heterocycles. The molecule has 0 aromatic heterocycles. The van der Waals surface area contributed by atoms with E-state index < -0.39 is 0 Å². The number of nitrogens with one attached hydrogen (secondary N) is 1. The number of benzene rings is 1. The van der Waals surface area contributed by atoms with Crippen LogP contribution in [0.25, 0.3) is 0 Å². The van der Waals surface area contributed by atoms with E-state index in [4.69, 9.17) is 0 Å². The SMILES string of the molecule is CC(C)CC(CBr)NC(=O)c1cccc(Br)c1. The van der Waals surface area contributed by atoms with E-state index in [0.717, 1.165) is 16.2 Å². The number of carbonyl (C=O) groups is 1. The van der Waals surface area contributed by atoms with Crippen molar-refractivity contribution in [1.29, 1.82) is 0 Å². The molecule has 2 nitrogen and oxygen atoms in total. The number of carbonyl (C=O) groups excluding carboxylic acids is 1. The molecule has 0 spiro atoms. The minimum atomic E-state index is -0.0172. The van der Waals surface area contributed by atoms with Crippen molar-refractivity contribution in [2.24, 2.45) is 5.92 Å².